The topological polar surface area (TPSA) is 12.9 Å². The van der Waals surface area contributed by atoms with Crippen LogP contribution in [-0.2, 0) is 0 Å². The molecule has 0 amide bonds. The van der Waals surface area contributed by atoms with E-state index in [9.17, 15) is 0 Å². The van der Waals surface area contributed by atoms with Crippen LogP contribution in [0, 0.1) is 6.92 Å². The Morgan fingerprint density at radius 2 is 2.05 bits per heavy atom. The largest absolute Gasteiger partial charge is 0.240 e. The summed E-state index contributed by atoms with van der Waals surface area (Å²) in [4.78, 5) is 6.29. The summed E-state index contributed by atoms with van der Waals surface area (Å²) in [6.07, 6.45) is 0. The molecule has 3 rings (SSSR count). The lowest BCUT2D eigenvalue weighted by atomic mass is 10.1. The number of halogens is 1. The van der Waals surface area contributed by atoms with E-state index in [1.807, 2.05) is 11.3 Å². The Kier molecular flexibility index (Phi) is 5.04. The van der Waals surface area contributed by atoms with Gasteiger partial charge in [0.2, 0.25) is 0 Å². The Morgan fingerprint density at radius 1 is 1.24 bits per heavy atom. The molecule has 0 aliphatic carbocycles. The van der Waals surface area contributed by atoms with Gasteiger partial charge in [0.15, 0.2) is 0 Å². The molecule has 3 unspecified atom stereocenters. The molecule has 2 aromatic rings. The highest BCUT2D eigenvalue weighted by Gasteiger charge is 2.29. The maximum atomic E-state index is 4.97. The monoisotopic (exact) mass is 399 g/mol. The first kappa shape index (κ1) is 15.9. The van der Waals surface area contributed by atoms with Crippen molar-refractivity contribution in [1.82, 2.24) is 4.98 Å². The van der Waals surface area contributed by atoms with Crippen LogP contribution in [0.5, 0.6) is 0 Å². The Labute approximate surface area is 147 Å². The third kappa shape index (κ3) is 3.52. The molecular formula is C16H18BrNS3. The fraction of sp³-hybridized carbons (Fsp3) is 0.438. The van der Waals surface area contributed by atoms with Crippen molar-refractivity contribution < 1.29 is 0 Å². The molecule has 1 aromatic heterocycles. The molecule has 3 atom stereocenters. The molecule has 0 bridgehead atoms. The van der Waals surface area contributed by atoms with Crippen molar-refractivity contribution in [2.24, 2.45) is 0 Å². The van der Waals surface area contributed by atoms with Crippen molar-refractivity contribution in [1.29, 1.82) is 0 Å². The van der Waals surface area contributed by atoms with Crippen LogP contribution in [0.15, 0.2) is 28.7 Å². The molecule has 2 heterocycles. The number of nitrogens with zero attached hydrogens (tertiary/aromatic N) is 1. The van der Waals surface area contributed by atoms with E-state index in [4.69, 9.17) is 4.98 Å². The van der Waals surface area contributed by atoms with Crippen LogP contribution < -0.4 is 0 Å². The lowest BCUT2D eigenvalue weighted by Gasteiger charge is -2.30. The molecule has 0 N–H and O–H groups in total. The van der Waals surface area contributed by atoms with E-state index in [-0.39, 0.29) is 0 Å². The zero-order chi connectivity index (χ0) is 15.0. The van der Waals surface area contributed by atoms with Crippen LogP contribution in [0.1, 0.15) is 29.0 Å². The third-order valence-electron chi connectivity index (χ3n) is 3.74. The van der Waals surface area contributed by atoms with E-state index in [2.05, 4.69) is 84.5 Å². The van der Waals surface area contributed by atoms with Crippen LogP contribution in [-0.4, -0.2) is 21.2 Å². The summed E-state index contributed by atoms with van der Waals surface area (Å²) in [6, 6.07) is 8.43. The fourth-order valence-electron chi connectivity index (χ4n) is 2.37. The number of aromatic nitrogens is 1. The van der Waals surface area contributed by atoms with Gasteiger partial charge in [0, 0.05) is 31.2 Å². The minimum Gasteiger partial charge on any atom is -0.240 e. The summed E-state index contributed by atoms with van der Waals surface area (Å²) >= 11 is 9.58. The van der Waals surface area contributed by atoms with Crippen molar-refractivity contribution in [3.8, 4) is 11.3 Å². The zero-order valence-corrected chi connectivity index (χ0v) is 16.3. The number of hydrogen-bond donors (Lipinski definition) is 0. The van der Waals surface area contributed by atoms with Crippen molar-refractivity contribution >= 4 is 50.8 Å². The van der Waals surface area contributed by atoms with Crippen LogP contribution in [0.2, 0.25) is 0 Å². The first-order chi connectivity index (χ1) is 10.0. The molecule has 0 saturated carbocycles. The normalized spacial score (nSPS) is 26.0. The molecule has 1 saturated heterocycles. The number of hydrogen-bond acceptors (Lipinski definition) is 4. The standard InChI is InChI=1S/C16H18BrNS3/c1-9-10(2)20-14(8-19-9)16-18-15(11(3)21-16)12-5-4-6-13(17)7-12/h4-7,9-10,14H,8H2,1-3H3. The predicted molar refractivity (Wildman–Crippen MR) is 102 cm³/mol. The fourth-order valence-corrected chi connectivity index (χ4v) is 6.91. The minimum absolute atomic E-state index is 0.547. The SMILES string of the molecule is Cc1sc(C2CSC(C)C(C)S2)nc1-c1cccc(Br)c1. The van der Waals surface area contributed by atoms with Crippen molar-refractivity contribution in [3.63, 3.8) is 0 Å². The van der Waals surface area contributed by atoms with E-state index in [0.29, 0.717) is 10.5 Å². The van der Waals surface area contributed by atoms with Gasteiger partial charge in [-0.2, -0.15) is 11.8 Å². The van der Waals surface area contributed by atoms with Crippen LogP contribution >= 0.6 is 50.8 Å². The summed E-state index contributed by atoms with van der Waals surface area (Å²) in [5.74, 6) is 1.18. The Bertz CT molecular complexity index is 640. The van der Waals surface area contributed by atoms with Gasteiger partial charge in [0.05, 0.1) is 10.9 Å². The number of thioether (sulfide) groups is 2. The van der Waals surface area contributed by atoms with Gasteiger partial charge in [0.25, 0.3) is 0 Å². The van der Waals surface area contributed by atoms with Crippen molar-refractivity contribution in [2.75, 3.05) is 5.75 Å². The summed E-state index contributed by atoms with van der Waals surface area (Å²) < 4.78 is 1.11. The maximum absolute atomic E-state index is 4.97. The molecule has 1 nitrogen and oxygen atoms in total. The van der Waals surface area contributed by atoms with E-state index < -0.39 is 0 Å². The van der Waals surface area contributed by atoms with Crippen molar-refractivity contribution in [2.45, 2.75) is 36.5 Å². The van der Waals surface area contributed by atoms with Gasteiger partial charge in [-0.3, -0.25) is 0 Å². The van der Waals surface area contributed by atoms with Gasteiger partial charge in [0.1, 0.15) is 5.01 Å². The van der Waals surface area contributed by atoms with E-state index >= 15 is 0 Å². The predicted octanol–water partition coefficient (Wildman–Crippen LogP) is 6.18. The van der Waals surface area contributed by atoms with Crippen molar-refractivity contribution in [3.05, 3.63) is 38.6 Å². The van der Waals surface area contributed by atoms with Crippen LogP contribution in [0.4, 0.5) is 0 Å². The summed E-state index contributed by atoms with van der Waals surface area (Å²) in [7, 11) is 0. The number of rotatable bonds is 2. The number of benzene rings is 1. The highest BCUT2D eigenvalue weighted by atomic mass is 79.9. The molecule has 0 spiro atoms. The molecule has 21 heavy (non-hydrogen) atoms. The highest BCUT2D eigenvalue weighted by Crippen LogP contribution is 2.46. The lowest BCUT2D eigenvalue weighted by Crippen LogP contribution is -2.21. The van der Waals surface area contributed by atoms with E-state index in [1.165, 1.54) is 21.2 Å². The minimum atomic E-state index is 0.547. The zero-order valence-electron chi connectivity index (χ0n) is 12.3. The second-order valence-electron chi connectivity index (χ2n) is 5.34. The first-order valence-corrected chi connectivity index (χ1v) is 10.6. The van der Waals surface area contributed by atoms with Gasteiger partial charge in [-0.15, -0.1) is 23.1 Å². The molecule has 1 fully saturated rings. The highest BCUT2D eigenvalue weighted by molar-refractivity contribution is 9.10. The van der Waals surface area contributed by atoms with Crippen LogP contribution in [0.3, 0.4) is 0 Å². The third-order valence-corrected chi connectivity index (χ3v) is 8.86. The molecule has 5 heteroatoms. The summed E-state index contributed by atoms with van der Waals surface area (Å²) in [6.45, 7) is 6.85. The molecule has 1 aliphatic heterocycles. The van der Waals surface area contributed by atoms with Crippen LogP contribution in [0.25, 0.3) is 11.3 Å². The molecular weight excluding hydrogens is 382 g/mol. The summed E-state index contributed by atoms with van der Waals surface area (Å²) in [5, 5.41) is 3.29. The van der Waals surface area contributed by atoms with Gasteiger partial charge in [-0.25, -0.2) is 4.98 Å². The summed E-state index contributed by atoms with van der Waals surface area (Å²) in [5.41, 5.74) is 2.35. The Morgan fingerprint density at radius 3 is 2.76 bits per heavy atom. The van der Waals surface area contributed by atoms with Gasteiger partial charge in [-0.05, 0) is 19.1 Å². The smallest absolute Gasteiger partial charge is 0.107 e. The second kappa shape index (κ2) is 6.65. The van der Waals surface area contributed by atoms with Gasteiger partial charge < -0.3 is 0 Å². The lowest BCUT2D eigenvalue weighted by molar-refractivity contribution is 0.891. The Hall–Kier alpha value is 0.0300. The molecule has 112 valence electrons. The molecule has 1 aliphatic rings. The molecule has 1 aromatic carbocycles. The quantitative estimate of drug-likeness (QED) is 0.598. The average Bonchev–Trinajstić information content (AvgIpc) is 2.84. The number of thiazole rings is 1. The Balaban J connectivity index is 1.88. The van der Waals surface area contributed by atoms with Gasteiger partial charge >= 0.3 is 0 Å². The second-order valence-corrected chi connectivity index (χ2v) is 10.5. The average molecular weight is 400 g/mol. The molecule has 0 radical (unpaired) electrons. The number of aryl methyl sites for hydroxylation is 1. The maximum Gasteiger partial charge on any atom is 0.107 e. The van der Waals surface area contributed by atoms with E-state index in [1.54, 1.807) is 0 Å². The van der Waals surface area contributed by atoms with Gasteiger partial charge in [-0.1, -0.05) is 41.9 Å². The van der Waals surface area contributed by atoms with E-state index in [0.717, 1.165) is 15.4 Å². The first-order valence-electron chi connectivity index (χ1n) is 7.05.